The Kier molecular flexibility index (Phi) is 5.41. The summed E-state index contributed by atoms with van der Waals surface area (Å²) in [4.78, 5) is 24.6. The standard InChI is InChI=1S/C19H22N2O2S/c22-17(16-6-2-1-3-7-16)15-20-18(23)14-19(8-12-24-13-9-19)21-10-4-5-11-21/h1-7,10-11H,8-9,12-15H2,(H,20,23). The van der Waals surface area contributed by atoms with Gasteiger partial charge in [-0.15, -0.1) is 0 Å². The van der Waals surface area contributed by atoms with Gasteiger partial charge in [0.05, 0.1) is 18.5 Å². The number of amides is 1. The molecule has 1 aliphatic heterocycles. The number of hydrogen-bond donors (Lipinski definition) is 1. The van der Waals surface area contributed by atoms with Crippen LogP contribution in [0, 0.1) is 0 Å². The average molecular weight is 342 g/mol. The van der Waals surface area contributed by atoms with Crippen molar-refractivity contribution in [3.8, 4) is 0 Å². The van der Waals surface area contributed by atoms with Gasteiger partial charge in [0, 0.05) is 18.0 Å². The molecule has 1 amide bonds. The lowest BCUT2D eigenvalue weighted by Crippen LogP contribution is -2.42. The molecule has 0 atom stereocenters. The minimum absolute atomic E-state index is 0.0549. The van der Waals surface area contributed by atoms with E-state index < -0.39 is 0 Å². The molecule has 1 aliphatic rings. The second kappa shape index (κ2) is 7.71. The van der Waals surface area contributed by atoms with E-state index in [9.17, 15) is 9.59 Å². The minimum atomic E-state index is -0.158. The molecule has 0 bridgehead atoms. The lowest BCUT2D eigenvalue weighted by Gasteiger charge is -2.38. The zero-order valence-corrected chi connectivity index (χ0v) is 14.4. The highest BCUT2D eigenvalue weighted by Crippen LogP contribution is 2.36. The van der Waals surface area contributed by atoms with Gasteiger partial charge in [0.15, 0.2) is 5.78 Å². The molecule has 1 N–H and O–H groups in total. The Morgan fingerprint density at radius 3 is 2.38 bits per heavy atom. The summed E-state index contributed by atoms with van der Waals surface area (Å²) in [5, 5.41) is 2.81. The molecule has 0 spiro atoms. The second-order valence-electron chi connectivity index (χ2n) is 6.17. The fraction of sp³-hybridized carbons (Fsp3) is 0.368. The molecule has 1 fully saturated rings. The zero-order chi connectivity index (χ0) is 16.8. The summed E-state index contributed by atoms with van der Waals surface area (Å²) >= 11 is 1.94. The zero-order valence-electron chi connectivity index (χ0n) is 13.6. The third-order valence-electron chi connectivity index (χ3n) is 4.61. The van der Waals surface area contributed by atoms with Crippen molar-refractivity contribution in [2.24, 2.45) is 0 Å². The Hall–Kier alpha value is -2.01. The number of nitrogens with zero attached hydrogens (tertiary/aromatic N) is 1. The predicted octanol–water partition coefficient (Wildman–Crippen LogP) is 3.10. The number of nitrogens with one attached hydrogen (secondary N) is 1. The van der Waals surface area contributed by atoms with Gasteiger partial charge in [0.25, 0.3) is 0 Å². The molecule has 0 radical (unpaired) electrons. The molecule has 2 aromatic rings. The largest absolute Gasteiger partial charge is 0.349 e. The molecule has 5 heteroatoms. The van der Waals surface area contributed by atoms with Gasteiger partial charge in [0.2, 0.25) is 5.91 Å². The summed E-state index contributed by atoms with van der Waals surface area (Å²) in [5.74, 6) is 2.01. The number of rotatable bonds is 6. The van der Waals surface area contributed by atoms with Gasteiger partial charge in [-0.05, 0) is 36.5 Å². The molecule has 1 aromatic carbocycles. The molecule has 24 heavy (non-hydrogen) atoms. The number of hydrogen-bond acceptors (Lipinski definition) is 3. The minimum Gasteiger partial charge on any atom is -0.349 e. The fourth-order valence-electron chi connectivity index (χ4n) is 3.19. The predicted molar refractivity (Wildman–Crippen MR) is 97.4 cm³/mol. The number of Topliss-reactive ketones (excluding diaryl/α,β-unsaturated/α-hetero) is 1. The Balaban J connectivity index is 1.61. The van der Waals surface area contributed by atoms with Crippen molar-refractivity contribution in [2.75, 3.05) is 18.1 Å². The first-order valence-electron chi connectivity index (χ1n) is 8.26. The fourth-order valence-corrected chi connectivity index (χ4v) is 4.45. The normalized spacial score (nSPS) is 16.5. The lowest BCUT2D eigenvalue weighted by atomic mass is 9.87. The third-order valence-corrected chi connectivity index (χ3v) is 5.59. The maximum Gasteiger partial charge on any atom is 0.222 e. The summed E-state index contributed by atoms with van der Waals surface area (Å²) in [6.07, 6.45) is 6.46. The van der Waals surface area contributed by atoms with E-state index in [4.69, 9.17) is 0 Å². The first-order valence-corrected chi connectivity index (χ1v) is 9.41. The van der Waals surface area contributed by atoms with E-state index in [-0.39, 0.29) is 23.8 Å². The van der Waals surface area contributed by atoms with Gasteiger partial charge in [-0.1, -0.05) is 30.3 Å². The summed E-state index contributed by atoms with van der Waals surface area (Å²) in [5.41, 5.74) is 0.473. The van der Waals surface area contributed by atoms with Crippen molar-refractivity contribution < 1.29 is 9.59 Å². The third kappa shape index (κ3) is 3.90. The van der Waals surface area contributed by atoms with E-state index in [1.54, 1.807) is 12.1 Å². The summed E-state index contributed by atoms with van der Waals surface area (Å²) < 4.78 is 2.17. The highest BCUT2D eigenvalue weighted by Gasteiger charge is 2.35. The number of benzene rings is 1. The molecule has 1 saturated heterocycles. The quantitative estimate of drug-likeness (QED) is 0.821. The van der Waals surface area contributed by atoms with E-state index in [1.165, 1.54) is 0 Å². The van der Waals surface area contributed by atoms with Gasteiger partial charge >= 0.3 is 0 Å². The molecule has 4 nitrogen and oxygen atoms in total. The number of aromatic nitrogens is 1. The van der Waals surface area contributed by atoms with Crippen molar-refractivity contribution in [2.45, 2.75) is 24.8 Å². The molecule has 1 aromatic heterocycles. The van der Waals surface area contributed by atoms with Crippen LogP contribution in [0.1, 0.15) is 29.6 Å². The van der Waals surface area contributed by atoms with Crippen LogP contribution in [0.4, 0.5) is 0 Å². The van der Waals surface area contributed by atoms with Crippen LogP contribution >= 0.6 is 11.8 Å². The molecule has 126 valence electrons. The SMILES string of the molecule is O=C(CC1(n2cccc2)CCSCC1)NCC(=O)c1ccccc1. The Bertz CT molecular complexity index is 677. The Labute approximate surface area is 146 Å². The van der Waals surface area contributed by atoms with Crippen molar-refractivity contribution in [1.82, 2.24) is 9.88 Å². The van der Waals surface area contributed by atoms with Crippen LogP contribution in [-0.4, -0.2) is 34.3 Å². The van der Waals surface area contributed by atoms with Crippen LogP contribution in [0.3, 0.4) is 0 Å². The van der Waals surface area contributed by atoms with E-state index in [2.05, 4.69) is 9.88 Å². The van der Waals surface area contributed by atoms with Crippen molar-refractivity contribution in [3.63, 3.8) is 0 Å². The highest BCUT2D eigenvalue weighted by molar-refractivity contribution is 7.99. The first-order chi connectivity index (χ1) is 11.7. The highest BCUT2D eigenvalue weighted by atomic mass is 32.2. The van der Waals surface area contributed by atoms with E-state index in [1.807, 2.05) is 54.5 Å². The topological polar surface area (TPSA) is 51.1 Å². The number of ketones is 1. The van der Waals surface area contributed by atoms with E-state index in [0.29, 0.717) is 12.0 Å². The van der Waals surface area contributed by atoms with Crippen LogP contribution in [0.2, 0.25) is 0 Å². The van der Waals surface area contributed by atoms with Crippen molar-refractivity contribution in [3.05, 3.63) is 60.4 Å². The maximum atomic E-state index is 12.5. The van der Waals surface area contributed by atoms with Crippen molar-refractivity contribution in [1.29, 1.82) is 0 Å². The summed E-state index contributed by atoms with van der Waals surface area (Å²) in [7, 11) is 0. The number of carbonyl (C=O) groups is 2. The molecule has 0 saturated carbocycles. The summed E-state index contributed by atoms with van der Waals surface area (Å²) in [6, 6.07) is 13.1. The van der Waals surface area contributed by atoms with Crippen LogP contribution in [0.25, 0.3) is 0 Å². The van der Waals surface area contributed by atoms with E-state index >= 15 is 0 Å². The van der Waals surface area contributed by atoms with Crippen LogP contribution in [-0.2, 0) is 10.3 Å². The van der Waals surface area contributed by atoms with Crippen LogP contribution < -0.4 is 5.32 Å². The number of thioether (sulfide) groups is 1. The van der Waals surface area contributed by atoms with Gasteiger partial charge in [-0.2, -0.15) is 11.8 Å². The van der Waals surface area contributed by atoms with Gasteiger partial charge in [0.1, 0.15) is 0 Å². The second-order valence-corrected chi connectivity index (χ2v) is 7.39. The summed E-state index contributed by atoms with van der Waals surface area (Å²) in [6.45, 7) is 0.0549. The van der Waals surface area contributed by atoms with Gasteiger partial charge in [-0.25, -0.2) is 0 Å². The maximum absolute atomic E-state index is 12.5. The smallest absolute Gasteiger partial charge is 0.222 e. The molecular weight excluding hydrogens is 320 g/mol. The Morgan fingerprint density at radius 1 is 1.04 bits per heavy atom. The lowest BCUT2D eigenvalue weighted by molar-refractivity contribution is -0.123. The van der Waals surface area contributed by atoms with Crippen LogP contribution in [0.15, 0.2) is 54.9 Å². The number of carbonyl (C=O) groups excluding carboxylic acids is 2. The van der Waals surface area contributed by atoms with Gasteiger partial charge < -0.3 is 9.88 Å². The Morgan fingerprint density at radius 2 is 1.71 bits per heavy atom. The molecule has 3 rings (SSSR count). The molecule has 2 heterocycles. The van der Waals surface area contributed by atoms with Crippen molar-refractivity contribution >= 4 is 23.5 Å². The van der Waals surface area contributed by atoms with Gasteiger partial charge in [-0.3, -0.25) is 9.59 Å². The first kappa shape index (κ1) is 16.8. The molecule has 0 unspecified atom stereocenters. The monoisotopic (exact) mass is 342 g/mol. The molecule has 0 aliphatic carbocycles. The average Bonchev–Trinajstić information content (AvgIpc) is 3.17. The van der Waals surface area contributed by atoms with Crippen LogP contribution in [0.5, 0.6) is 0 Å². The molecular formula is C19H22N2O2S. The van der Waals surface area contributed by atoms with E-state index in [0.717, 1.165) is 24.3 Å².